The number of nitrogens with one attached hydrogen (secondary N) is 1. The molecule has 28 heavy (non-hydrogen) atoms. The Labute approximate surface area is 162 Å². The molecule has 1 aromatic heterocycles. The van der Waals surface area contributed by atoms with Crippen LogP contribution in [0.1, 0.15) is 46.2 Å². The van der Waals surface area contributed by atoms with Crippen molar-refractivity contribution < 1.29 is 14.4 Å². The molecule has 1 aromatic carbocycles. The summed E-state index contributed by atoms with van der Waals surface area (Å²) in [6.07, 6.45) is 3.93. The average molecular weight is 379 g/mol. The monoisotopic (exact) mass is 379 g/mol. The molecule has 0 spiro atoms. The van der Waals surface area contributed by atoms with E-state index in [0.717, 1.165) is 30.8 Å². The zero-order valence-corrected chi connectivity index (χ0v) is 15.6. The van der Waals surface area contributed by atoms with Crippen molar-refractivity contribution in [1.82, 2.24) is 20.2 Å². The number of benzene rings is 1. The van der Waals surface area contributed by atoms with Crippen molar-refractivity contribution in [3.8, 4) is 0 Å². The van der Waals surface area contributed by atoms with Gasteiger partial charge in [0, 0.05) is 19.3 Å². The summed E-state index contributed by atoms with van der Waals surface area (Å²) in [5.41, 5.74) is 1.34. The fourth-order valence-electron chi connectivity index (χ4n) is 3.55. The molecule has 4 rings (SSSR count). The van der Waals surface area contributed by atoms with Gasteiger partial charge in [-0.1, -0.05) is 12.1 Å². The van der Waals surface area contributed by atoms with Crippen LogP contribution in [0.25, 0.3) is 0 Å². The van der Waals surface area contributed by atoms with E-state index < -0.39 is 23.8 Å². The molecule has 0 aliphatic carbocycles. The molecule has 3 amide bonds. The Hall–Kier alpha value is -3.29. The van der Waals surface area contributed by atoms with Gasteiger partial charge in [-0.2, -0.15) is 0 Å². The number of nitrogens with zero attached hydrogens (tertiary/aromatic N) is 4. The van der Waals surface area contributed by atoms with Gasteiger partial charge in [-0.25, -0.2) is 9.97 Å². The number of fused-ring (bicyclic) bond motifs is 1. The summed E-state index contributed by atoms with van der Waals surface area (Å²) in [7, 11) is 0. The molecule has 1 saturated heterocycles. The Kier molecular flexibility index (Phi) is 4.77. The summed E-state index contributed by atoms with van der Waals surface area (Å²) in [5.74, 6) is -0.628. The largest absolute Gasteiger partial charge is 0.349 e. The highest BCUT2D eigenvalue weighted by atomic mass is 16.2. The Balaban J connectivity index is 1.41. The first-order valence-electron chi connectivity index (χ1n) is 9.38. The molecule has 1 atom stereocenters. The van der Waals surface area contributed by atoms with Gasteiger partial charge in [0.15, 0.2) is 0 Å². The molecule has 8 heteroatoms. The lowest BCUT2D eigenvalue weighted by Crippen LogP contribution is -2.47. The highest BCUT2D eigenvalue weighted by molar-refractivity contribution is 6.22. The minimum Gasteiger partial charge on any atom is -0.349 e. The molecular weight excluding hydrogens is 358 g/mol. The van der Waals surface area contributed by atoms with Gasteiger partial charge in [0.25, 0.3) is 11.8 Å². The fourth-order valence-corrected chi connectivity index (χ4v) is 3.55. The van der Waals surface area contributed by atoms with Crippen LogP contribution < -0.4 is 10.2 Å². The fraction of sp³-hybridized carbons (Fsp3) is 0.350. The molecule has 0 bridgehead atoms. The topological polar surface area (TPSA) is 95.5 Å². The van der Waals surface area contributed by atoms with Crippen LogP contribution in [0.2, 0.25) is 0 Å². The van der Waals surface area contributed by atoms with Gasteiger partial charge in [-0.05, 0) is 38.0 Å². The van der Waals surface area contributed by atoms with Crippen molar-refractivity contribution in [3.63, 3.8) is 0 Å². The third kappa shape index (κ3) is 3.21. The van der Waals surface area contributed by atoms with Crippen LogP contribution in [0.15, 0.2) is 36.5 Å². The van der Waals surface area contributed by atoms with E-state index >= 15 is 0 Å². The summed E-state index contributed by atoms with van der Waals surface area (Å²) in [6.45, 7) is 3.63. The lowest BCUT2D eigenvalue weighted by atomic mass is 10.1. The Morgan fingerprint density at radius 1 is 1.11 bits per heavy atom. The predicted molar refractivity (Wildman–Crippen MR) is 102 cm³/mol. The molecule has 0 saturated carbocycles. The summed E-state index contributed by atoms with van der Waals surface area (Å²) < 4.78 is 0. The van der Waals surface area contributed by atoms with E-state index in [-0.39, 0.29) is 6.54 Å². The molecule has 2 aliphatic rings. The third-order valence-electron chi connectivity index (χ3n) is 5.13. The van der Waals surface area contributed by atoms with Gasteiger partial charge in [-0.15, -0.1) is 0 Å². The summed E-state index contributed by atoms with van der Waals surface area (Å²) in [4.78, 5) is 49.5. The molecule has 2 aliphatic heterocycles. The minimum atomic E-state index is -0.910. The molecule has 1 unspecified atom stereocenters. The van der Waals surface area contributed by atoms with E-state index in [9.17, 15) is 14.4 Å². The maximum atomic E-state index is 12.6. The summed E-state index contributed by atoms with van der Waals surface area (Å²) >= 11 is 0. The molecule has 3 heterocycles. The van der Waals surface area contributed by atoms with E-state index in [2.05, 4.69) is 20.2 Å². The van der Waals surface area contributed by atoms with Crippen molar-refractivity contribution in [2.45, 2.75) is 32.4 Å². The van der Waals surface area contributed by atoms with Gasteiger partial charge >= 0.3 is 0 Å². The number of carbonyl (C=O) groups excluding carboxylic acids is 3. The van der Waals surface area contributed by atoms with Crippen LogP contribution in [-0.2, 0) is 11.3 Å². The van der Waals surface area contributed by atoms with Crippen molar-refractivity contribution in [1.29, 1.82) is 0 Å². The van der Waals surface area contributed by atoms with E-state index in [0.29, 0.717) is 22.8 Å². The Morgan fingerprint density at radius 3 is 2.39 bits per heavy atom. The van der Waals surface area contributed by atoms with Crippen LogP contribution in [-0.4, -0.2) is 51.7 Å². The molecular formula is C20H21N5O3. The first kappa shape index (κ1) is 18.1. The quantitative estimate of drug-likeness (QED) is 0.789. The second-order valence-corrected chi connectivity index (χ2v) is 6.96. The van der Waals surface area contributed by atoms with Crippen LogP contribution in [0.5, 0.6) is 0 Å². The number of aromatic nitrogens is 2. The maximum Gasteiger partial charge on any atom is 0.262 e. The molecule has 8 nitrogen and oxygen atoms in total. The van der Waals surface area contributed by atoms with Crippen molar-refractivity contribution in [3.05, 3.63) is 53.3 Å². The SMILES string of the molecule is CC(C(=O)NCc1ccnc(N2CCCC2)n1)N1C(=O)c2ccccc2C1=O. The lowest BCUT2D eigenvalue weighted by molar-refractivity contribution is -0.124. The van der Waals surface area contributed by atoms with Crippen molar-refractivity contribution >= 4 is 23.7 Å². The van der Waals surface area contributed by atoms with Gasteiger partial charge in [-0.3, -0.25) is 19.3 Å². The van der Waals surface area contributed by atoms with Crippen LogP contribution in [0.3, 0.4) is 0 Å². The molecule has 1 fully saturated rings. The van der Waals surface area contributed by atoms with Crippen LogP contribution in [0.4, 0.5) is 5.95 Å². The number of hydrogen-bond donors (Lipinski definition) is 1. The number of amides is 3. The highest BCUT2D eigenvalue weighted by Crippen LogP contribution is 2.24. The average Bonchev–Trinajstić information content (AvgIpc) is 3.34. The maximum absolute atomic E-state index is 12.6. The van der Waals surface area contributed by atoms with Crippen LogP contribution >= 0.6 is 0 Å². The number of rotatable bonds is 5. The van der Waals surface area contributed by atoms with Gasteiger partial charge in [0.05, 0.1) is 23.4 Å². The first-order chi connectivity index (χ1) is 13.6. The van der Waals surface area contributed by atoms with Gasteiger partial charge < -0.3 is 10.2 Å². The number of carbonyl (C=O) groups is 3. The summed E-state index contributed by atoms with van der Waals surface area (Å²) in [6, 6.07) is 7.43. The van der Waals surface area contributed by atoms with E-state index in [1.807, 2.05) is 0 Å². The normalized spacial score (nSPS) is 17.0. The summed E-state index contributed by atoms with van der Waals surface area (Å²) in [5, 5.41) is 2.77. The zero-order chi connectivity index (χ0) is 19.7. The number of imide groups is 1. The van der Waals surface area contributed by atoms with Crippen molar-refractivity contribution in [2.24, 2.45) is 0 Å². The van der Waals surface area contributed by atoms with Crippen molar-refractivity contribution in [2.75, 3.05) is 18.0 Å². The third-order valence-corrected chi connectivity index (χ3v) is 5.13. The highest BCUT2D eigenvalue weighted by Gasteiger charge is 2.40. The second-order valence-electron chi connectivity index (χ2n) is 6.96. The van der Waals surface area contributed by atoms with E-state index in [1.165, 1.54) is 0 Å². The Morgan fingerprint density at radius 2 is 1.75 bits per heavy atom. The lowest BCUT2D eigenvalue weighted by Gasteiger charge is -2.21. The zero-order valence-electron chi connectivity index (χ0n) is 15.6. The van der Waals surface area contributed by atoms with Crippen LogP contribution in [0, 0.1) is 0 Å². The van der Waals surface area contributed by atoms with Gasteiger partial charge in [0.1, 0.15) is 6.04 Å². The van der Waals surface area contributed by atoms with Gasteiger partial charge in [0.2, 0.25) is 11.9 Å². The second kappa shape index (κ2) is 7.38. The standard InChI is InChI=1S/C20H21N5O3/c1-13(25-18(27)15-6-2-3-7-16(15)19(25)28)17(26)22-12-14-8-9-21-20(23-14)24-10-4-5-11-24/h2-3,6-9,13H,4-5,10-12H2,1H3,(H,22,26). The predicted octanol–water partition coefficient (Wildman–Crippen LogP) is 1.38. The number of hydrogen-bond acceptors (Lipinski definition) is 6. The number of anilines is 1. The molecule has 0 radical (unpaired) electrons. The van der Waals surface area contributed by atoms with E-state index in [1.54, 1.807) is 43.5 Å². The molecule has 1 N–H and O–H groups in total. The molecule has 2 aromatic rings. The van der Waals surface area contributed by atoms with E-state index in [4.69, 9.17) is 0 Å². The minimum absolute atomic E-state index is 0.204. The Bertz CT molecular complexity index is 904. The first-order valence-corrected chi connectivity index (χ1v) is 9.38. The smallest absolute Gasteiger partial charge is 0.262 e. The molecule has 144 valence electrons.